The highest BCUT2D eigenvalue weighted by atomic mass is 16.4. The first-order valence-corrected chi connectivity index (χ1v) is 6.78. The van der Waals surface area contributed by atoms with Gasteiger partial charge in [0.1, 0.15) is 0 Å². The summed E-state index contributed by atoms with van der Waals surface area (Å²) in [4.78, 5) is 27.3. The van der Waals surface area contributed by atoms with Crippen molar-refractivity contribution in [2.24, 2.45) is 11.8 Å². The van der Waals surface area contributed by atoms with Crippen LogP contribution in [0.15, 0.2) is 0 Å². The first-order chi connectivity index (χ1) is 8.58. The molecule has 1 atom stereocenters. The zero-order valence-electron chi connectivity index (χ0n) is 11.0. The fraction of sp³-hybridized carbons (Fsp3) is 0.846. The minimum atomic E-state index is -0.723. The summed E-state index contributed by atoms with van der Waals surface area (Å²) in [7, 11) is 2.05. The molecular weight excluding hydrogens is 232 g/mol. The number of carbonyl (C=O) groups excluding carboxylic acids is 1. The smallest absolute Gasteiger partial charge is 0.306 e. The van der Waals surface area contributed by atoms with Gasteiger partial charge in [-0.05, 0) is 39.3 Å². The molecule has 18 heavy (non-hydrogen) atoms. The predicted molar refractivity (Wildman–Crippen MR) is 67.2 cm³/mol. The number of likely N-dealkylation sites (tertiary alicyclic amines) is 2. The lowest BCUT2D eigenvalue weighted by Crippen LogP contribution is -2.47. The number of piperidine rings is 2. The summed E-state index contributed by atoms with van der Waals surface area (Å²) in [5, 5.41) is 8.94. The quantitative estimate of drug-likeness (QED) is 0.786. The van der Waals surface area contributed by atoms with Gasteiger partial charge in [0.15, 0.2) is 0 Å². The summed E-state index contributed by atoms with van der Waals surface area (Å²) >= 11 is 0. The second-order valence-corrected chi connectivity index (χ2v) is 5.54. The van der Waals surface area contributed by atoms with Crippen LogP contribution in [0.1, 0.15) is 25.7 Å². The Morgan fingerprint density at radius 3 is 2.28 bits per heavy atom. The highest BCUT2D eigenvalue weighted by Gasteiger charge is 2.32. The number of carbonyl (C=O) groups is 2. The number of aliphatic carboxylic acids is 1. The maximum Gasteiger partial charge on any atom is 0.306 e. The van der Waals surface area contributed by atoms with Gasteiger partial charge in [0.25, 0.3) is 0 Å². The zero-order chi connectivity index (χ0) is 13.1. The van der Waals surface area contributed by atoms with Crippen molar-refractivity contribution in [3.63, 3.8) is 0 Å². The van der Waals surface area contributed by atoms with Gasteiger partial charge in [0.2, 0.25) is 5.91 Å². The van der Waals surface area contributed by atoms with Gasteiger partial charge in [0.05, 0.1) is 11.8 Å². The van der Waals surface area contributed by atoms with E-state index in [1.165, 1.54) is 0 Å². The molecule has 5 heteroatoms. The SMILES string of the molecule is CN1CCCC(C(=O)N2CCC(C(=O)O)CC2)C1. The van der Waals surface area contributed by atoms with E-state index in [0.717, 1.165) is 25.9 Å². The molecule has 1 N–H and O–H groups in total. The van der Waals surface area contributed by atoms with Crippen LogP contribution in [-0.4, -0.2) is 60.0 Å². The van der Waals surface area contributed by atoms with E-state index in [0.29, 0.717) is 25.9 Å². The van der Waals surface area contributed by atoms with Crippen molar-refractivity contribution >= 4 is 11.9 Å². The van der Waals surface area contributed by atoms with Crippen LogP contribution in [0.2, 0.25) is 0 Å². The second kappa shape index (κ2) is 5.69. The topological polar surface area (TPSA) is 60.9 Å². The fourth-order valence-electron chi connectivity index (χ4n) is 2.97. The third-order valence-electron chi connectivity index (χ3n) is 4.13. The molecule has 5 nitrogen and oxygen atoms in total. The highest BCUT2D eigenvalue weighted by Crippen LogP contribution is 2.22. The Hall–Kier alpha value is -1.10. The first kappa shape index (κ1) is 13.3. The summed E-state index contributed by atoms with van der Waals surface area (Å²) < 4.78 is 0. The fourth-order valence-corrected chi connectivity index (χ4v) is 2.97. The third kappa shape index (κ3) is 3.02. The summed E-state index contributed by atoms with van der Waals surface area (Å²) in [6.07, 6.45) is 3.26. The lowest BCUT2D eigenvalue weighted by Gasteiger charge is -2.36. The Morgan fingerprint density at radius 2 is 1.72 bits per heavy atom. The number of carboxylic acid groups (broad SMARTS) is 1. The van der Waals surface area contributed by atoms with Crippen LogP contribution in [0.5, 0.6) is 0 Å². The summed E-state index contributed by atoms with van der Waals surface area (Å²) in [5.41, 5.74) is 0. The molecule has 2 aliphatic heterocycles. The molecule has 1 unspecified atom stereocenters. The maximum atomic E-state index is 12.3. The maximum absolute atomic E-state index is 12.3. The molecule has 0 bridgehead atoms. The van der Waals surface area contributed by atoms with Crippen LogP contribution in [0.4, 0.5) is 0 Å². The minimum absolute atomic E-state index is 0.116. The van der Waals surface area contributed by atoms with Gasteiger partial charge in [-0.2, -0.15) is 0 Å². The Kier molecular flexibility index (Phi) is 4.22. The standard InChI is InChI=1S/C13H22N2O3/c1-14-6-2-3-11(9-14)12(16)15-7-4-10(5-8-15)13(17)18/h10-11H,2-9H2,1H3,(H,17,18). The molecule has 0 aliphatic carbocycles. The van der Waals surface area contributed by atoms with Gasteiger partial charge in [-0.3, -0.25) is 9.59 Å². The van der Waals surface area contributed by atoms with E-state index < -0.39 is 5.97 Å². The lowest BCUT2D eigenvalue weighted by atomic mass is 9.93. The molecule has 2 fully saturated rings. The monoisotopic (exact) mass is 254 g/mol. The van der Waals surface area contributed by atoms with Crippen LogP contribution < -0.4 is 0 Å². The van der Waals surface area contributed by atoms with Crippen LogP contribution in [0, 0.1) is 11.8 Å². The summed E-state index contributed by atoms with van der Waals surface area (Å²) in [6, 6.07) is 0. The summed E-state index contributed by atoms with van der Waals surface area (Å²) in [5.74, 6) is -0.641. The molecule has 102 valence electrons. The predicted octanol–water partition coefficient (Wildman–Crippen LogP) is 0.651. The third-order valence-corrected chi connectivity index (χ3v) is 4.13. The Morgan fingerprint density at radius 1 is 1.06 bits per heavy atom. The van der Waals surface area contributed by atoms with Gasteiger partial charge >= 0.3 is 5.97 Å². The van der Waals surface area contributed by atoms with Gasteiger partial charge in [0, 0.05) is 19.6 Å². The van der Waals surface area contributed by atoms with Gasteiger partial charge < -0.3 is 14.9 Å². The van der Waals surface area contributed by atoms with Gasteiger partial charge in [-0.15, -0.1) is 0 Å². The number of hydrogen-bond acceptors (Lipinski definition) is 3. The molecule has 0 aromatic rings. The number of nitrogens with zero attached hydrogens (tertiary/aromatic N) is 2. The van der Waals surface area contributed by atoms with Crippen molar-refractivity contribution < 1.29 is 14.7 Å². The second-order valence-electron chi connectivity index (χ2n) is 5.54. The summed E-state index contributed by atoms with van der Waals surface area (Å²) in [6.45, 7) is 3.13. The molecule has 0 spiro atoms. The van der Waals surface area contributed by atoms with E-state index in [2.05, 4.69) is 11.9 Å². The molecule has 2 aliphatic rings. The van der Waals surface area contributed by atoms with Gasteiger partial charge in [-0.25, -0.2) is 0 Å². The molecule has 0 saturated carbocycles. The van der Waals surface area contributed by atoms with Crippen LogP contribution >= 0.6 is 0 Å². The van der Waals surface area contributed by atoms with Crippen molar-refractivity contribution in [2.45, 2.75) is 25.7 Å². The first-order valence-electron chi connectivity index (χ1n) is 6.78. The van der Waals surface area contributed by atoms with Gasteiger partial charge in [-0.1, -0.05) is 0 Å². The van der Waals surface area contributed by atoms with Crippen LogP contribution in [0.25, 0.3) is 0 Å². The van der Waals surface area contributed by atoms with E-state index >= 15 is 0 Å². The number of amides is 1. The van der Waals surface area contributed by atoms with E-state index in [-0.39, 0.29) is 17.7 Å². The molecule has 2 rings (SSSR count). The van der Waals surface area contributed by atoms with E-state index in [1.807, 2.05) is 4.90 Å². The normalized spacial score (nSPS) is 27.2. The van der Waals surface area contributed by atoms with E-state index in [1.54, 1.807) is 0 Å². The highest BCUT2D eigenvalue weighted by molar-refractivity contribution is 5.79. The van der Waals surface area contributed by atoms with E-state index in [9.17, 15) is 9.59 Å². The van der Waals surface area contributed by atoms with Crippen LogP contribution in [-0.2, 0) is 9.59 Å². The molecule has 0 aromatic carbocycles. The number of hydrogen-bond donors (Lipinski definition) is 1. The molecule has 0 aromatic heterocycles. The zero-order valence-corrected chi connectivity index (χ0v) is 11.0. The van der Waals surface area contributed by atoms with Crippen molar-refractivity contribution in [3.8, 4) is 0 Å². The Balaban J connectivity index is 1.85. The minimum Gasteiger partial charge on any atom is -0.481 e. The van der Waals surface area contributed by atoms with Crippen molar-refractivity contribution in [1.82, 2.24) is 9.80 Å². The molecular formula is C13H22N2O3. The largest absolute Gasteiger partial charge is 0.481 e. The number of carboxylic acids is 1. The Labute approximate surface area is 108 Å². The number of rotatable bonds is 2. The molecule has 2 heterocycles. The average molecular weight is 254 g/mol. The van der Waals surface area contributed by atoms with Crippen LogP contribution in [0.3, 0.4) is 0 Å². The van der Waals surface area contributed by atoms with E-state index in [4.69, 9.17) is 5.11 Å². The lowest BCUT2D eigenvalue weighted by molar-refractivity contribution is -0.147. The average Bonchev–Trinajstić information content (AvgIpc) is 2.38. The Bertz CT molecular complexity index is 324. The van der Waals surface area contributed by atoms with Crippen molar-refractivity contribution in [3.05, 3.63) is 0 Å². The molecule has 2 saturated heterocycles. The molecule has 1 amide bonds. The molecule has 0 radical (unpaired) electrons. The van der Waals surface area contributed by atoms with Crippen molar-refractivity contribution in [1.29, 1.82) is 0 Å². The van der Waals surface area contributed by atoms with Crippen molar-refractivity contribution in [2.75, 3.05) is 33.2 Å².